The normalized spacial score (nSPS) is 11.7. The van der Waals surface area contributed by atoms with E-state index in [1.807, 2.05) is 14.0 Å². The number of hydrogen-bond donors (Lipinski definition) is 2. The average Bonchev–Trinajstić information content (AvgIpc) is 2.58. The van der Waals surface area contributed by atoms with Crippen molar-refractivity contribution in [2.75, 3.05) is 26.0 Å². The fourth-order valence-corrected chi connectivity index (χ4v) is 2.59. The molecular formula is C20H25N2O3+. The van der Waals surface area contributed by atoms with E-state index in [4.69, 9.17) is 4.74 Å². The minimum Gasteiger partial charge on any atom is -0.465 e. The highest BCUT2D eigenvalue weighted by atomic mass is 16.5. The van der Waals surface area contributed by atoms with E-state index in [2.05, 4.69) is 36.5 Å². The maximum atomic E-state index is 12.3. The number of ether oxygens (including phenoxy) is 1. The van der Waals surface area contributed by atoms with Crippen LogP contribution in [0.4, 0.5) is 5.69 Å². The van der Waals surface area contributed by atoms with Gasteiger partial charge in [0.2, 0.25) is 0 Å². The molecule has 5 nitrogen and oxygen atoms in total. The van der Waals surface area contributed by atoms with E-state index in [9.17, 15) is 9.59 Å². The molecule has 0 saturated heterocycles. The molecule has 2 rings (SSSR count). The van der Waals surface area contributed by atoms with Gasteiger partial charge in [-0.25, -0.2) is 4.79 Å². The largest absolute Gasteiger partial charge is 0.465 e. The van der Waals surface area contributed by atoms with Crippen molar-refractivity contribution in [3.8, 4) is 0 Å². The number of carbonyl (C=O) groups excluding carboxylic acids is 2. The number of amides is 1. The molecule has 0 aromatic heterocycles. The van der Waals surface area contributed by atoms with E-state index in [1.165, 1.54) is 18.2 Å². The molecule has 0 aliphatic carbocycles. The van der Waals surface area contributed by atoms with E-state index in [0.29, 0.717) is 17.8 Å². The molecule has 0 aliphatic rings. The number of carbonyl (C=O) groups is 2. The Hall–Kier alpha value is -2.66. The zero-order valence-electron chi connectivity index (χ0n) is 15.2. The zero-order chi connectivity index (χ0) is 18.4. The Bertz CT molecular complexity index is 754. The summed E-state index contributed by atoms with van der Waals surface area (Å²) >= 11 is 0. The highest BCUT2D eigenvalue weighted by Gasteiger charge is 2.14. The van der Waals surface area contributed by atoms with Crippen LogP contribution in [0.2, 0.25) is 0 Å². The number of aryl methyl sites for hydroxylation is 2. The van der Waals surface area contributed by atoms with E-state index < -0.39 is 5.97 Å². The van der Waals surface area contributed by atoms with Gasteiger partial charge in [0.15, 0.2) is 6.54 Å². The zero-order valence-corrected chi connectivity index (χ0v) is 15.2. The fraction of sp³-hybridized carbons (Fsp3) is 0.300. The van der Waals surface area contributed by atoms with Gasteiger partial charge in [-0.15, -0.1) is 0 Å². The van der Waals surface area contributed by atoms with Crippen LogP contribution in [0.25, 0.3) is 0 Å². The summed E-state index contributed by atoms with van der Waals surface area (Å²) in [5.41, 5.74) is 4.37. The van der Waals surface area contributed by atoms with Crippen molar-refractivity contribution in [3.05, 3.63) is 64.7 Å². The Balaban J connectivity index is 1.97. The maximum absolute atomic E-state index is 12.3. The summed E-state index contributed by atoms with van der Waals surface area (Å²) < 4.78 is 4.72. The summed E-state index contributed by atoms with van der Waals surface area (Å²) in [7, 11) is 3.32. The molecule has 2 N–H and O–H groups in total. The van der Waals surface area contributed by atoms with Gasteiger partial charge in [-0.05, 0) is 31.5 Å². The number of benzene rings is 2. The molecule has 0 spiro atoms. The number of nitrogens with one attached hydrogen (secondary N) is 2. The van der Waals surface area contributed by atoms with Crippen LogP contribution in [0.3, 0.4) is 0 Å². The lowest BCUT2D eigenvalue weighted by Gasteiger charge is -2.15. The second-order valence-corrected chi connectivity index (χ2v) is 6.37. The highest BCUT2D eigenvalue weighted by Crippen LogP contribution is 2.17. The third kappa shape index (κ3) is 5.43. The molecule has 25 heavy (non-hydrogen) atoms. The van der Waals surface area contributed by atoms with Crippen molar-refractivity contribution in [2.45, 2.75) is 20.4 Å². The summed E-state index contributed by atoms with van der Waals surface area (Å²) in [5, 5.41) is 2.89. The third-order valence-electron chi connectivity index (χ3n) is 4.02. The summed E-state index contributed by atoms with van der Waals surface area (Å²) in [5.74, 6) is -0.507. The molecule has 1 amide bonds. The lowest BCUT2D eigenvalue weighted by atomic mass is 10.1. The van der Waals surface area contributed by atoms with Crippen LogP contribution in [0.15, 0.2) is 42.5 Å². The quantitative estimate of drug-likeness (QED) is 0.787. The van der Waals surface area contributed by atoms with Gasteiger partial charge in [-0.1, -0.05) is 35.9 Å². The van der Waals surface area contributed by atoms with Crippen molar-refractivity contribution in [1.82, 2.24) is 0 Å². The van der Waals surface area contributed by atoms with E-state index in [1.54, 1.807) is 18.2 Å². The van der Waals surface area contributed by atoms with Gasteiger partial charge in [0, 0.05) is 11.3 Å². The predicted octanol–water partition coefficient (Wildman–Crippen LogP) is 1.74. The molecule has 1 atom stereocenters. The molecule has 0 aliphatic heterocycles. The van der Waals surface area contributed by atoms with Crippen molar-refractivity contribution in [3.63, 3.8) is 0 Å². The summed E-state index contributed by atoms with van der Waals surface area (Å²) in [6.45, 7) is 5.06. The number of rotatable bonds is 6. The first-order chi connectivity index (χ1) is 11.9. The van der Waals surface area contributed by atoms with Crippen LogP contribution < -0.4 is 10.2 Å². The van der Waals surface area contributed by atoms with Crippen LogP contribution in [-0.2, 0) is 16.1 Å². The average molecular weight is 341 g/mol. The van der Waals surface area contributed by atoms with Crippen molar-refractivity contribution in [1.29, 1.82) is 0 Å². The van der Waals surface area contributed by atoms with Gasteiger partial charge >= 0.3 is 5.97 Å². The number of esters is 1. The first-order valence-corrected chi connectivity index (χ1v) is 8.24. The molecule has 0 bridgehead atoms. The number of hydrogen-bond acceptors (Lipinski definition) is 3. The summed E-state index contributed by atoms with van der Waals surface area (Å²) in [6.07, 6.45) is 0. The molecule has 2 aromatic rings. The van der Waals surface area contributed by atoms with Gasteiger partial charge in [-0.3, -0.25) is 4.79 Å². The molecule has 132 valence electrons. The SMILES string of the molecule is COC(=O)c1ccc(C)c(NC(=O)C[NH+](C)Cc2ccc(C)cc2)c1. The smallest absolute Gasteiger partial charge is 0.337 e. The predicted molar refractivity (Wildman–Crippen MR) is 97.8 cm³/mol. The number of likely N-dealkylation sites (N-methyl/N-ethyl adjacent to an activating group) is 1. The van der Waals surface area contributed by atoms with E-state index >= 15 is 0 Å². The Morgan fingerprint density at radius 2 is 1.76 bits per heavy atom. The molecule has 0 radical (unpaired) electrons. The lowest BCUT2D eigenvalue weighted by Crippen LogP contribution is -3.08. The Morgan fingerprint density at radius 3 is 2.40 bits per heavy atom. The Morgan fingerprint density at radius 1 is 1.08 bits per heavy atom. The molecular weight excluding hydrogens is 316 g/mol. The minimum absolute atomic E-state index is 0.0882. The van der Waals surface area contributed by atoms with E-state index in [0.717, 1.165) is 17.0 Å². The molecule has 5 heteroatoms. The van der Waals surface area contributed by atoms with Crippen LogP contribution in [0.5, 0.6) is 0 Å². The molecule has 0 saturated carbocycles. The molecule has 0 fully saturated rings. The summed E-state index contributed by atoms with van der Waals surface area (Å²) in [6, 6.07) is 13.4. The van der Waals surface area contributed by atoms with Crippen molar-refractivity contribution in [2.24, 2.45) is 0 Å². The molecule has 0 heterocycles. The second kappa shape index (κ2) is 8.44. The number of anilines is 1. The summed E-state index contributed by atoms with van der Waals surface area (Å²) in [4.78, 5) is 25.0. The van der Waals surface area contributed by atoms with Crippen LogP contribution >= 0.6 is 0 Å². The standard InChI is InChI=1S/C20H24N2O3/c1-14-5-8-16(9-6-14)12-22(3)13-19(23)21-18-11-17(20(24)25-4)10-7-15(18)2/h5-11H,12-13H2,1-4H3,(H,21,23)/p+1. The van der Waals surface area contributed by atoms with Crippen LogP contribution in [-0.4, -0.2) is 32.6 Å². The third-order valence-corrected chi connectivity index (χ3v) is 4.02. The van der Waals surface area contributed by atoms with Gasteiger partial charge in [-0.2, -0.15) is 0 Å². The fourth-order valence-electron chi connectivity index (χ4n) is 2.59. The Labute approximate surface area is 148 Å². The number of quaternary nitrogens is 1. The maximum Gasteiger partial charge on any atom is 0.337 e. The topological polar surface area (TPSA) is 59.8 Å². The first-order valence-electron chi connectivity index (χ1n) is 8.24. The van der Waals surface area contributed by atoms with Crippen molar-refractivity contribution < 1.29 is 19.2 Å². The van der Waals surface area contributed by atoms with Gasteiger partial charge in [0.1, 0.15) is 6.54 Å². The molecule has 2 aromatic carbocycles. The lowest BCUT2D eigenvalue weighted by molar-refractivity contribution is -0.885. The van der Waals surface area contributed by atoms with Gasteiger partial charge < -0.3 is 15.0 Å². The van der Waals surface area contributed by atoms with Gasteiger partial charge in [0.05, 0.1) is 19.7 Å². The first kappa shape index (κ1) is 18.7. The second-order valence-electron chi connectivity index (χ2n) is 6.37. The highest BCUT2D eigenvalue weighted by molar-refractivity contribution is 5.95. The van der Waals surface area contributed by atoms with Crippen LogP contribution in [0.1, 0.15) is 27.0 Å². The van der Waals surface area contributed by atoms with E-state index in [-0.39, 0.29) is 5.91 Å². The van der Waals surface area contributed by atoms with Gasteiger partial charge in [0.25, 0.3) is 5.91 Å². The number of methoxy groups -OCH3 is 1. The minimum atomic E-state index is -0.419. The van der Waals surface area contributed by atoms with Crippen molar-refractivity contribution >= 4 is 17.6 Å². The van der Waals surface area contributed by atoms with Crippen LogP contribution in [0, 0.1) is 13.8 Å². The monoisotopic (exact) mass is 341 g/mol. The Kier molecular flexibility index (Phi) is 6.31. The molecule has 1 unspecified atom stereocenters.